The van der Waals surface area contributed by atoms with Gasteiger partial charge >= 0.3 is 0 Å². The molecule has 25 heavy (non-hydrogen) atoms. The van der Waals surface area contributed by atoms with Gasteiger partial charge in [-0.15, -0.1) is 5.10 Å². The molecule has 0 bridgehead atoms. The van der Waals surface area contributed by atoms with Crippen molar-refractivity contribution in [1.82, 2.24) is 19.9 Å². The lowest BCUT2D eigenvalue weighted by atomic mass is 10.2. The zero-order valence-electron chi connectivity index (χ0n) is 14.1. The van der Waals surface area contributed by atoms with Crippen molar-refractivity contribution in [3.8, 4) is 0 Å². The minimum Gasteiger partial charge on any atom is -0.324 e. The molecule has 2 aromatic carbocycles. The number of nitrogens with one attached hydrogen (secondary N) is 1. The number of para-hydroxylation sites is 1. The lowest BCUT2D eigenvalue weighted by molar-refractivity contribution is -0.116. The molecule has 6 nitrogen and oxygen atoms in total. The number of likely N-dealkylation sites (tertiary alicyclic amines) is 1. The zero-order chi connectivity index (χ0) is 17.1. The number of benzene rings is 2. The van der Waals surface area contributed by atoms with E-state index in [-0.39, 0.29) is 12.5 Å². The normalized spacial score (nSPS) is 14.9. The van der Waals surface area contributed by atoms with Gasteiger partial charge in [0.15, 0.2) is 0 Å². The molecule has 1 aliphatic rings. The van der Waals surface area contributed by atoms with Crippen molar-refractivity contribution in [2.75, 3.05) is 18.4 Å². The molecule has 0 atom stereocenters. The summed E-state index contributed by atoms with van der Waals surface area (Å²) in [7, 11) is 0. The molecule has 1 fully saturated rings. The monoisotopic (exact) mass is 335 g/mol. The SMILES string of the molecule is O=C(Cn1nnc2ccccc21)Nc1cccc(CN2CCCC2)c1. The maximum atomic E-state index is 12.4. The van der Waals surface area contributed by atoms with Gasteiger partial charge in [-0.1, -0.05) is 29.5 Å². The molecule has 128 valence electrons. The number of hydrogen-bond acceptors (Lipinski definition) is 4. The maximum Gasteiger partial charge on any atom is 0.246 e. The van der Waals surface area contributed by atoms with Crippen LogP contribution < -0.4 is 5.32 Å². The smallest absolute Gasteiger partial charge is 0.246 e. The highest BCUT2D eigenvalue weighted by Gasteiger charge is 2.12. The summed E-state index contributed by atoms with van der Waals surface area (Å²) in [5.74, 6) is -0.103. The molecule has 1 N–H and O–H groups in total. The topological polar surface area (TPSA) is 63.1 Å². The van der Waals surface area contributed by atoms with Gasteiger partial charge < -0.3 is 5.32 Å². The first-order valence-electron chi connectivity index (χ1n) is 8.67. The molecule has 1 saturated heterocycles. The summed E-state index contributed by atoms with van der Waals surface area (Å²) < 4.78 is 1.62. The highest BCUT2D eigenvalue weighted by Crippen LogP contribution is 2.16. The number of hydrogen-bond donors (Lipinski definition) is 1. The predicted octanol–water partition coefficient (Wildman–Crippen LogP) is 2.67. The van der Waals surface area contributed by atoms with Gasteiger partial charge in [-0.05, 0) is 55.8 Å². The molecule has 1 aromatic heterocycles. The van der Waals surface area contributed by atoms with E-state index in [4.69, 9.17) is 0 Å². The minimum atomic E-state index is -0.103. The second-order valence-electron chi connectivity index (χ2n) is 6.47. The van der Waals surface area contributed by atoms with Crippen molar-refractivity contribution in [3.05, 3.63) is 54.1 Å². The molecule has 2 heterocycles. The third kappa shape index (κ3) is 3.69. The van der Waals surface area contributed by atoms with Crippen molar-refractivity contribution in [2.45, 2.75) is 25.9 Å². The third-order valence-electron chi connectivity index (χ3n) is 4.53. The number of fused-ring (bicyclic) bond motifs is 1. The summed E-state index contributed by atoms with van der Waals surface area (Å²) >= 11 is 0. The number of aromatic nitrogens is 3. The standard InChI is InChI=1S/C19H21N5O/c25-19(14-24-18-9-2-1-8-17(18)21-22-24)20-16-7-5-6-15(12-16)13-23-10-3-4-11-23/h1-2,5-9,12H,3-4,10-11,13-14H2,(H,20,25). The van der Waals surface area contributed by atoms with Crippen molar-refractivity contribution >= 4 is 22.6 Å². The third-order valence-corrected chi connectivity index (χ3v) is 4.53. The van der Waals surface area contributed by atoms with Gasteiger partial charge in [0.25, 0.3) is 0 Å². The first-order valence-corrected chi connectivity index (χ1v) is 8.67. The minimum absolute atomic E-state index is 0.103. The Labute approximate surface area is 146 Å². The van der Waals surface area contributed by atoms with Crippen LogP contribution in [-0.2, 0) is 17.9 Å². The molecular weight excluding hydrogens is 314 g/mol. The molecule has 0 radical (unpaired) electrons. The number of rotatable bonds is 5. The van der Waals surface area contributed by atoms with Crippen LogP contribution in [0, 0.1) is 0 Å². The van der Waals surface area contributed by atoms with E-state index < -0.39 is 0 Å². The summed E-state index contributed by atoms with van der Waals surface area (Å²) in [6, 6.07) is 15.7. The van der Waals surface area contributed by atoms with E-state index in [1.165, 1.54) is 18.4 Å². The van der Waals surface area contributed by atoms with E-state index in [1.807, 2.05) is 36.4 Å². The van der Waals surface area contributed by atoms with E-state index in [0.717, 1.165) is 36.4 Å². The molecule has 3 aromatic rings. The Hall–Kier alpha value is -2.73. The predicted molar refractivity (Wildman–Crippen MR) is 97.1 cm³/mol. The zero-order valence-corrected chi connectivity index (χ0v) is 14.1. The Morgan fingerprint density at radius 3 is 2.80 bits per heavy atom. The van der Waals surface area contributed by atoms with Crippen LogP contribution in [0.25, 0.3) is 11.0 Å². The Morgan fingerprint density at radius 1 is 1.08 bits per heavy atom. The number of amides is 1. The van der Waals surface area contributed by atoms with Crippen LogP contribution in [-0.4, -0.2) is 38.9 Å². The highest BCUT2D eigenvalue weighted by molar-refractivity contribution is 5.91. The van der Waals surface area contributed by atoms with Crippen molar-refractivity contribution in [3.63, 3.8) is 0 Å². The summed E-state index contributed by atoms with van der Waals surface area (Å²) in [4.78, 5) is 14.8. The van der Waals surface area contributed by atoms with Gasteiger partial charge in [0, 0.05) is 12.2 Å². The number of carbonyl (C=O) groups is 1. The Morgan fingerprint density at radius 2 is 1.92 bits per heavy atom. The fraction of sp³-hybridized carbons (Fsp3) is 0.316. The molecule has 0 unspecified atom stereocenters. The van der Waals surface area contributed by atoms with Crippen molar-refractivity contribution in [2.24, 2.45) is 0 Å². The van der Waals surface area contributed by atoms with Crippen LogP contribution in [0.1, 0.15) is 18.4 Å². The number of anilines is 1. The van der Waals surface area contributed by atoms with Gasteiger partial charge in [0.1, 0.15) is 12.1 Å². The molecular formula is C19H21N5O. The van der Waals surface area contributed by atoms with E-state index in [0.29, 0.717) is 0 Å². The lowest BCUT2D eigenvalue weighted by Gasteiger charge is -2.15. The first kappa shape index (κ1) is 15.8. The molecule has 0 aliphatic carbocycles. The van der Waals surface area contributed by atoms with Crippen molar-refractivity contribution in [1.29, 1.82) is 0 Å². The molecule has 1 aliphatic heterocycles. The quantitative estimate of drug-likeness (QED) is 0.779. The molecule has 0 spiro atoms. The molecule has 4 rings (SSSR count). The number of carbonyl (C=O) groups excluding carboxylic acids is 1. The van der Waals surface area contributed by atoms with Crippen LogP contribution in [0.15, 0.2) is 48.5 Å². The first-order chi connectivity index (χ1) is 12.3. The Bertz CT molecular complexity index is 882. The van der Waals surface area contributed by atoms with Crippen LogP contribution in [0.4, 0.5) is 5.69 Å². The highest BCUT2D eigenvalue weighted by atomic mass is 16.2. The van der Waals surface area contributed by atoms with E-state index in [9.17, 15) is 4.79 Å². The second kappa shape index (κ2) is 7.03. The summed E-state index contributed by atoms with van der Waals surface area (Å²) in [6.45, 7) is 3.42. The number of nitrogens with zero attached hydrogens (tertiary/aromatic N) is 4. The van der Waals surface area contributed by atoms with E-state index >= 15 is 0 Å². The fourth-order valence-corrected chi connectivity index (χ4v) is 3.32. The largest absolute Gasteiger partial charge is 0.324 e. The van der Waals surface area contributed by atoms with Crippen molar-refractivity contribution < 1.29 is 4.79 Å². The lowest BCUT2D eigenvalue weighted by Crippen LogP contribution is -2.20. The van der Waals surface area contributed by atoms with E-state index in [1.54, 1.807) is 4.68 Å². The van der Waals surface area contributed by atoms with Gasteiger partial charge in [0.2, 0.25) is 5.91 Å². The molecule has 0 saturated carbocycles. The summed E-state index contributed by atoms with van der Waals surface area (Å²) in [5.41, 5.74) is 3.71. The van der Waals surface area contributed by atoms with Crippen LogP contribution in [0.3, 0.4) is 0 Å². The van der Waals surface area contributed by atoms with E-state index in [2.05, 4.69) is 32.7 Å². The van der Waals surface area contributed by atoms with Crippen LogP contribution in [0.2, 0.25) is 0 Å². The molecule has 6 heteroatoms. The second-order valence-corrected chi connectivity index (χ2v) is 6.47. The Kier molecular flexibility index (Phi) is 4.43. The fourth-order valence-electron chi connectivity index (χ4n) is 3.32. The maximum absolute atomic E-state index is 12.4. The van der Waals surface area contributed by atoms with Crippen LogP contribution in [0.5, 0.6) is 0 Å². The average molecular weight is 335 g/mol. The van der Waals surface area contributed by atoms with Gasteiger partial charge in [0.05, 0.1) is 5.52 Å². The summed E-state index contributed by atoms with van der Waals surface area (Å²) in [5, 5.41) is 11.1. The molecule has 1 amide bonds. The van der Waals surface area contributed by atoms with Crippen LogP contribution >= 0.6 is 0 Å². The summed E-state index contributed by atoms with van der Waals surface area (Å²) in [6.07, 6.45) is 2.56. The average Bonchev–Trinajstić information content (AvgIpc) is 3.26. The Balaban J connectivity index is 1.42. The van der Waals surface area contributed by atoms with Gasteiger partial charge in [-0.3, -0.25) is 9.69 Å². The van der Waals surface area contributed by atoms with Gasteiger partial charge in [-0.2, -0.15) is 0 Å². The van der Waals surface area contributed by atoms with Gasteiger partial charge in [-0.25, -0.2) is 4.68 Å².